The number of hydrazine groups is 1. The first-order valence-corrected chi connectivity index (χ1v) is 9.81. The van der Waals surface area contributed by atoms with Gasteiger partial charge in [0.25, 0.3) is 5.91 Å². The molecular weight excluding hydrogens is 410 g/mol. The second-order valence-electron chi connectivity index (χ2n) is 6.10. The van der Waals surface area contributed by atoms with Gasteiger partial charge in [-0.1, -0.05) is 29.8 Å². The van der Waals surface area contributed by atoms with Crippen molar-refractivity contribution in [2.75, 3.05) is 25.1 Å². The average molecular weight is 434 g/mol. The predicted octanol–water partition coefficient (Wildman–Crippen LogP) is 2.94. The first kappa shape index (κ1) is 23.2. The quantitative estimate of drug-likeness (QED) is 0.394. The smallest absolute Gasteiger partial charge is 0.269 e. The average Bonchev–Trinajstić information content (AvgIpc) is 2.75. The minimum Gasteiger partial charge on any atom is -0.491 e. The molecule has 160 valence electrons. The maximum absolute atomic E-state index is 12.2. The van der Waals surface area contributed by atoms with E-state index in [2.05, 4.69) is 16.2 Å². The topological polar surface area (TPSA) is 106 Å². The Morgan fingerprint density at radius 1 is 0.933 bits per heavy atom. The molecule has 30 heavy (non-hydrogen) atoms. The van der Waals surface area contributed by atoms with Gasteiger partial charge in [0, 0.05) is 25.0 Å². The van der Waals surface area contributed by atoms with E-state index in [1.165, 1.54) is 0 Å². The van der Waals surface area contributed by atoms with Crippen LogP contribution in [0.1, 0.15) is 30.1 Å². The third kappa shape index (κ3) is 8.10. The molecule has 0 radical (unpaired) electrons. The molecule has 0 fully saturated rings. The van der Waals surface area contributed by atoms with Crippen LogP contribution in [0.25, 0.3) is 0 Å². The summed E-state index contributed by atoms with van der Waals surface area (Å²) < 4.78 is 10.7. The van der Waals surface area contributed by atoms with Crippen LogP contribution in [0.2, 0.25) is 5.02 Å². The number of ether oxygens (including phenoxy) is 2. The lowest BCUT2D eigenvalue weighted by Gasteiger charge is -2.10. The monoisotopic (exact) mass is 433 g/mol. The fourth-order valence-corrected chi connectivity index (χ4v) is 2.54. The van der Waals surface area contributed by atoms with E-state index in [-0.39, 0.29) is 18.7 Å². The number of nitrogens with one attached hydrogen (secondary N) is 3. The molecule has 0 spiro atoms. The molecule has 0 heterocycles. The van der Waals surface area contributed by atoms with Crippen molar-refractivity contribution in [2.24, 2.45) is 0 Å². The number of hydrogen-bond donors (Lipinski definition) is 3. The van der Waals surface area contributed by atoms with Crippen LogP contribution < -0.4 is 20.9 Å². The molecule has 0 saturated carbocycles. The van der Waals surface area contributed by atoms with Gasteiger partial charge in [0.1, 0.15) is 12.4 Å². The highest BCUT2D eigenvalue weighted by Crippen LogP contribution is 2.20. The standard InChI is InChI=1S/C21H24ClN3O5/c1-2-29-12-13-30-16-7-5-6-15(14-16)21(28)25-24-20(27)11-10-19(26)23-18-9-4-3-8-17(18)22/h3-9,14H,2,10-13H2,1H3,(H,23,26)(H,24,27)(H,25,28). The molecule has 2 aromatic rings. The van der Waals surface area contributed by atoms with Gasteiger partial charge < -0.3 is 14.8 Å². The van der Waals surface area contributed by atoms with Crippen molar-refractivity contribution in [3.8, 4) is 5.75 Å². The third-order valence-electron chi connectivity index (χ3n) is 3.84. The molecule has 0 bridgehead atoms. The second kappa shape index (κ2) is 12.5. The Kier molecular flexibility index (Phi) is 9.63. The molecule has 0 saturated heterocycles. The number of carbonyl (C=O) groups is 3. The van der Waals surface area contributed by atoms with Crippen LogP contribution in [0.5, 0.6) is 5.75 Å². The van der Waals surface area contributed by atoms with Crippen LogP contribution >= 0.6 is 11.6 Å². The van der Waals surface area contributed by atoms with E-state index in [0.29, 0.717) is 41.8 Å². The van der Waals surface area contributed by atoms with Crippen LogP contribution in [0.4, 0.5) is 5.69 Å². The molecule has 0 unspecified atom stereocenters. The van der Waals surface area contributed by atoms with E-state index in [0.717, 1.165) is 0 Å². The van der Waals surface area contributed by atoms with E-state index >= 15 is 0 Å². The van der Waals surface area contributed by atoms with Crippen LogP contribution in [-0.4, -0.2) is 37.5 Å². The van der Waals surface area contributed by atoms with Gasteiger partial charge in [-0.15, -0.1) is 0 Å². The van der Waals surface area contributed by atoms with Gasteiger partial charge in [-0.3, -0.25) is 25.2 Å². The summed E-state index contributed by atoms with van der Waals surface area (Å²) in [4.78, 5) is 36.0. The zero-order valence-corrected chi connectivity index (χ0v) is 17.3. The number of para-hydroxylation sites is 1. The van der Waals surface area contributed by atoms with Crippen molar-refractivity contribution >= 4 is 35.0 Å². The summed E-state index contributed by atoms with van der Waals surface area (Å²) in [5.74, 6) is -0.840. The number of rotatable bonds is 10. The number of carbonyl (C=O) groups excluding carboxylic acids is 3. The largest absolute Gasteiger partial charge is 0.491 e. The van der Waals surface area contributed by atoms with Gasteiger partial charge >= 0.3 is 0 Å². The van der Waals surface area contributed by atoms with E-state index in [4.69, 9.17) is 21.1 Å². The van der Waals surface area contributed by atoms with Crippen LogP contribution in [0.3, 0.4) is 0 Å². The molecule has 9 heteroatoms. The predicted molar refractivity (Wildman–Crippen MR) is 113 cm³/mol. The molecule has 8 nitrogen and oxygen atoms in total. The molecule has 2 rings (SSSR count). The lowest BCUT2D eigenvalue weighted by Crippen LogP contribution is -2.41. The molecule has 0 atom stereocenters. The highest BCUT2D eigenvalue weighted by molar-refractivity contribution is 6.33. The Hall–Kier alpha value is -3.10. The van der Waals surface area contributed by atoms with Crippen LogP contribution in [0.15, 0.2) is 48.5 Å². The Morgan fingerprint density at radius 3 is 2.47 bits per heavy atom. The highest BCUT2D eigenvalue weighted by Gasteiger charge is 2.11. The minimum absolute atomic E-state index is 0.0594. The molecule has 0 aliphatic rings. The normalized spacial score (nSPS) is 10.2. The van der Waals surface area contributed by atoms with Crippen molar-refractivity contribution < 1.29 is 23.9 Å². The van der Waals surface area contributed by atoms with E-state index in [9.17, 15) is 14.4 Å². The Balaban J connectivity index is 1.73. The van der Waals surface area contributed by atoms with Crippen LogP contribution in [-0.2, 0) is 14.3 Å². The van der Waals surface area contributed by atoms with Crippen molar-refractivity contribution in [3.63, 3.8) is 0 Å². The van der Waals surface area contributed by atoms with Gasteiger partial charge in [-0.2, -0.15) is 0 Å². The van der Waals surface area contributed by atoms with Gasteiger partial charge in [-0.05, 0) is 37.3 Å². The second-order valence-corrected chi connectivity index (χ2v) is 6.51. The van der Waals surface area contributed by atoms with E-state index in [1.54, 1.807) is 48.5 Å². The van der Waals surface area contributed by atoms with E-state index < -0.39 is 11.8 Å². The molecule has 0 aromatic heterocycles. The number of amides is 3. The fourth-order valence-electron chi connectivity index (χ4n) is 2.35. The summed E-state index contributed by atoms with van der Waals surface area (Å²) in [6.07, 6.45) is -0.159. The Morgan fingerprint density at radius 2 is 1.70 bits per heavy atom. The molecule has 3 N–H and O–H groups in total. The van der Waals surface area contributed by atoms with Crippen molar-refractivity contribution in [2.45, 2.75) is 19.8 Å². The van der Waals surface area contributed by atoms with Crippen molar-refractivity contribution in [1.82, 2.24) is 10.9 Å². The summed E-state index contributed by atoms with van der Waals surface area (Å²) in [5.41, 5.74) is 5.39. The Bertz CT molecular complexity index is 875. The fraction of sp³-hybridized carbons (Fsp3) is 0.286. The first-order chi connectivity index (χ1) is 14.5. The first-order valence-electron chi connectivity index (χ1n) is 9.43. The lowest BCUT2D eigenvalue weighted by atomic mass is 10.2. The molecule has 3 amide bonds. The number of benzene rings is 2. The minimum atomic E-state index is -0.501. The summed E-state index contributed by atoms with van der Waals surface area (Å²) in [6.45, 7) is 3.32. The van der Waals surface area contributed by atoms with Gasteiger partial charge in [0.15, 0.2) is 0 Å². The summed E-state index contributed by atoms with van der Waals surface area (Å²) >= 11 is 5.97. The van der Waals surface area contributed by atoms with Crippen LogP contribution in [0, 0.1) is 0 Å². The number of hydrogen-bond acceptors (Lipinski definition) is 5. The maximum Gasteiger partial charge on any atom is 0.269 e. The summed E-state index contributed by atoms with van der Waals surface area (Å²) in [7, 11) is 0. The van der Waals surface area contributed by atoms with Gasteiger partial charge in [0.05, 0.1) is 17.3 Å². The number of anilines is 1. The maximum atomic E-state index is 12.2. The summed E-state index contributed by atoms with van der Waals surface area (Å²) in [6, 6.07) is 13.3. The molecule has 2 aromatic carbocycles. The molecule has 0 aliphatic carbocycles. The van der Waals surface area contributed by atoms with Crippen molar-refractivity contribution in [1.29, 1.82) is 0 Å². The SMILES string of the molecule is CCOCCOc1cccc(C(=O)NNC(=O)CCC(=O)Nc2ccccc2Cl)c1. The zero-order valence-electron chi connectivity index (χ0n) is 16.6. The lowest BCUT2D eigenvalue weighted by molar-refractivity contribution is -0.124. The molecular formula is C21H24ClN3O5. The summed E-state index contributed by atoms with van der Waals surface area (Å²) in [5, 5.41) is 3.04. The van der Waals surface area contributed by atoms with Gasteiger partial charge in [0.2, 0.25) is 11.8 Å². The number of halogens is 1. The van der Waals surface area contributed by atoms with Crippen molar-refractivity contribution in [3.05, 3.63) is 59.1 Å². The Labute approximate surface area is 179 Å². The van der Waals surface area contributed by atoms with Gasteiger partial charge in [-0.25, -0.2) is 0 Å². The molecule has 0 aliphatic heterocycles. The van der Waals surface area contributed by atoms with E-state index in [1.807, 2.05) is 6.92 Å². The zero-order chi connectivity index (χ0) is 21.8. The third-order valence-corrected chi connectivity index (χ3v) is 4.17. The highest BCUT2D eigenvalue weighted by atomic mass is 35.5.